The van der Waals surface area contributed by atoms with Gasteiger partial charge in [-0.3, -0.25) is 19.2 Å². The number of nitro groups is 1. The van der Waals surface area contributed by atoms with Gasteiger partial charge < -0.3 is 10.1 Å². The van der Waals surface area contributed by atoms with Crippen molar-refractivity contribution in [3.05, 3.63) is 94.5 Å². The number of hydrogen-bond acceptors (Lipinski definition) is 6. The third-order valence-electron chi connectivity index (χ3n) is 5.66. The Bertz CT molecular complexity index is 1360. The van der Waals surface area contributed by atoms with Crippen LogP contribution in [0.1, 0.15) is 31.9 Å². The second-order valence-electron chi connectivity index (χ2n) is 8.83. The average Bonchev–Trinajstić information content (AvgIpc) is 2.82. The first kappa shape index (κ1) is 24.2. The number of non-ortho nitro benzene ring substituents is 1. The second-order valence-corrected chi connectivity index (χ2v) is 10.7. The van der Waals surface area contributed by atoms with Gasteiger partial charge in [-0.05, 0) is 38.1 Å². The first-order valence-corrected chi connectivity index (χ1v) is 12.4. The van der Waals surface area contributed by atoms with Crippen molar-refractivity contribution in [3.8, 4) is 5.75 Å². The number of nitro benzene ring substituents is 1. The molecule has 35 heavy (non-hydrogen) atoms. The predicted molar refractivity (Wildman–Crippen MR) is 131 cm³/mol. The molecule has 0 aliphatic carbocycles. The fourth-order valence-corrected chi connectivity index (χ4v) is 5.53. The minimum atomic E-state index is -4.19. The fourth-order valence-electron chi connectivity index (χ4n) is 4.10. The SMILES string of the molecule is CC1(C)CC(NC(=O)CN(c2cccc([N+](=O)[O-])c2)S(=O)(=O)c2ccccc2)c2ccccc2O1. The molecular weight excluding hydrogens is 470 g/mol. The first-order valence-electron chi connectivity index (χ1n) is 11.0. The van der Waals surface area contributed by atoms with E-state index >= 15 is 0 Å². The number of carbonyl (C=O) groups excluding carboxylic acids is 1. The molecule has 1 unspecified atom stereocenters. The maximum absolute atomic E-state index is 13.5. The third kappa shape index (κ3) is 5.27. The molecule has 0 spiro atoms. The number of rotatable bonds is 7. The quantitative estimate of drug-likeness (QED) is 0.387. The van der Waals surface area contributed by atoms with Gasteiger partial charge >= 0.3 is 0 Å². The van der Waals surface area contributed by atoms with E-state index in [-0.39, 0.29) is 16.3 Å². The van der Waals surface area contributed by atoms with Crippen molar-refractivity contribution in [2.24, 2.45) is 0 Å². The summed E-state index contributed by atoms with van der Waals surface area (Å²) in [6.07, 6.45) is 0.484. The Morgan fingerprint density at radius 1 is 1.09 bits per heavy atom. The largest absolute Gasteiger partial charge is 0.487 e. The molecule has 3 aromatic carbocycles. The van der Waals surface area contributed by atoms with Crippen LogP contribution in [0.25, 0.3) is 0 Å². The molecule has 1 aliphatic rings. The van der Waals surface area contributed by atoms with Crippen molar-refractivity contribution in [1.82, 2.24) is 5.32 Å². The van der Waals surface area contributed by atoms with Crippen LogP contribution in [0.3, 0.4) is 0 Å². The summed E-state index contributed by atoms with van der Waals surface area (Å²) in [6, 6.07) is 19.8. The Morgan fingerprint density at radius 3 is 2.49 bits per heavy atom. The van der Waals surface area contributed by atoms with Crippen LogP contribution in [0.4, 0.5) is 11.4 Å². The Balaban J connectivity index is 1.67. The number of fused-ring (bicyclic) bond motifs is 1. The Hall–Kier alpha value is -3.92. The fraction of sp³-hybridized carbons (Fsp3) is 0.240. The number of ether oxygens (including phenoxy) is 1. The lowest BCUT2D eigenvalue weighted by atomic mass is 9.89. The van der Waals surface area contributed by atoms with Gasteiger partial charge in [-0.25, -0.2) is 8.42 Å². The van der Waals surface area contributed by atoms with Crippen LogP contribution >= 0.6 is 0 Å². The molecule has 10 heteroatoms. The molecule has 1 amide bonds. The van der Waals surface area contributed by atoms with Gasteiger partial charge in [-0.15, -0.1) is 0 Å². The van der Waals surface area contributed by atoms with Crippen LogP contribution in [-0.2, 0) is 14.8 Å². The van der Waals surface area contributed by atoms with E-state index in [0.717, 1.165) is 15.9 Å². The van der Waals surface area contributed by atoms with Gasteiger partial charge in [0.25, 0.3) is 15.7 Å². The van der Waals surface area contributed by atoms with Gasteiger partial charge in [-0.2, -0.15) is 0 Å². The average molecular weight is 496 g/mol. The van der Waals surface area contributed by atoms with Gasteiger partial charge in [0.2, 0.25) is 5.91 Å². The monoisotopic (exact) mass is 495 g/mol. The Kier molecular flexibility index (Phi) is 6.49. The zero-order chi connectivity index (χ0) is 25.2. The molecule has 0 bridgehead atoms. The lowest BCUT2D eigenvalue weighted by molar-refractivity contribution is -0.384. The van der Waals surface area contributed by atoms with Crippen LogP contribution in [0.5, 0.6) is 5.75 Å². The van der Waals surface area contributed by atoms with Crippen LogP contribution in [0.15, 0.2) is 83.8 Å². The van der Waals surface area contributed by atoms with E-state index in [1.165, 1.54) is 30.3 Å². The summed E-state index contributed by atoms with van der Waals surface area (Å²) in [4.78, 5) is 23.9. The van der Waals surface area contributed by atoms with Crippen molar-refractivity contribution < 1.29 is 22.9 Å². The zero-order valence-electron chi connectivity index (χ0n) is 19.2. The minimum Gasteiger partial charge on any atom is -0.487 e. The van der Waals surface area contributed by atoms with Crippen molar-refractivity contribution >= 4 is 27.3 Å². The Labute approximate surface area is 203 Å². The van der Waals surface area contributed by atoms with E-state index in [9.17, 15) is 23.3 Å². The highest BCUT2D eigenvalue weighted by Crippen LogP contribution is 2.39. The number of nitrogens with one attached hydrogen (secondary N) is 1. The third-order valence-corrected chi connectivity index (χ3v) is 7.45. The van der Waals surface area contributed by atoms with E-state index in [0.29, 0.717) is 12.2 Å². The Morgan fingerprint density at radius 2 is 1.77 bits per heavy atom. The van der Waals surface area contributed by atoms with Gasteiger partial charge in [0.05, 0.1) is 21.5 Å². The summed E-state index contributed by atoms with van der Waals surface area (Å²) in [7, 11) is -4.19. The van der Waals surface area contributed by atoms with Crippen LogP contribution in [0, 0.1) is 10.1 Å². The number of sulfonamides is 1. The first-order chi connectivity index (χ1) is 16.6. The number of carbonyl (C=O) groups is 1. The molecule has 0 fully saturated rings. The molecule has 0 saturated carbocycles. The van der Waals surface area contributed by atoms with E-state index in [1.54, 1.807) is 18.2 Å². The predicted octanol–water partition coefficient (Wildman–Crippen LogP) is 4.21. The summed E-state index contributed by atoms with van der Waals surface area (Å²) < 4.78 is 33.9. The summed E-state index contributed by atoms with van der Waals surface area (Å²) >= 11 is 0. The zero-order valence-corrected chi connectivity index (χ0v) is 20.1. The van der Waals surface area contributed by atoms with E-state index < -0.39 is 39.0 Å². The molecule has 3 aromatic rings. The van der Waals surface area contributed by atoms with Gasteiger partial charge in [-0.1, -0.05) is 42.5 Å². The molecule has 0 aromatic heterocycles. The molecular formula is C25H25N3O6S. The highest BCUT2D eigenvalue weighted by Gasteiger charge is 2.35. The number of benzene rings is 3. The van der Waals surface area contributed by atoms with Crippen LogP contribution in [0.2, 0.25) is 0 Å². The highest BCUT2D eigenvalue weighted by atomic mass is 32.2. The van der Waals surface area contributed by atoms with Crippen molar-refractivity contribution in [3.63, 3.8) is 0 Å². The van der Waals surface area contributed by atoms with Gasteiger partial charge in [0.1, 0.15) is 17.9 Å². The summed E-state index contributed by atoms with van der Waals surface area (Å²) in [6.45, 7) is 3.27. The smallest absolute Gasteiger partial charge is 0.271 e. The summed E-state index contributed by atoms with van der Waals surface area (Å²) in [5.74, 6) is 0.106. The van der Waals surface area contributed by atoms with Crippen molar-refractivity contribution in [2.45, 2.75) is 36.8 Å². The van der Waals surface area contributed by atoms with Crippen LogP contribution < -0.4 is 14.4 Å². The maximum Gasteiger partial charge on any atom is 0.271 e. The topological polar surface area (TPSA) is 119 Å². The molecule has 1 N–H and O–H groups in total. The van der Waals surface area contributed by atoms with E-state index in [2.05, 4.69) is 5.32 Å². The standard InChI is InChI=1S/C25H25N3O6S/c1-25(2)16-22(21-13-6-7-14-23(21)34-25)26-24(29)17-27(18-9-8-10-19(15-18)28(30)31)35(32,33)20-11-4-3-5-12-20/h3-15,22H,16-17H2,1-2H3,(H,26,29). The number of nitrogens with zero attached hydrogens (tertiary/aromatic N) is 2. The van der Waals surface area contributed by atoms with E-state index in [4.69, 9.17) is 4.74 Å². The molecule has 9 nitrogen and oxygen atoms in total. The van der Waals surface area contributed by atoms with Crippen molar-refractivity contribution in [1.29, 1.82) is 0 Å². The lowest BCUT2D eigenvalue weighted by Gasteiger charge is -2.38. The highest BCUT2D eigenvalue weighted by molar-refractivity contribution is 7.92. The molecule has 1 atom stereocenters. The summed E-state index contributed by atoms with van der Waals surface area (Å²) in [5.41, 5.74) is -0.00234. The number of hydrogen-bond donors (Lipinski definition) is 1. The molecule has 0 radical (unpaired) electrons. The van der Waals surface area contributed by atoms with Gasteiger partial charge in [0, 0.05) is 24.1 Å². The molecule has 0 saturated heterocycles. The van der Waals surface area contributed by atoms with Gasteiger partial charge in [0.15, 0.2) is 0 Å². The normalized spacial score (nSPS) is 16.5. The van der Waals surface area contributed by atoms with Crippen LogP contribution in [-0.4, -0.2) is 31.4 Å². The maximum atomic E-state index is 13.5. The van der Waals surface area contributed by atoms with E-state index in [1.807, 2.05) is 38.1 Å². The number of anilines is 1. The van der Waals surface area contributed by atoms with Crippen molar-refractivity contribution in [2.75, 3.05) is 10.8 Å². The number of amides is 1. The summed E-state index contributed by atoms with van der Waals surface area (Å²) in [5, 5.41) is 14.2. The lowest BCUT2D eigenvalue weighted by Crippen LogP contribution is -2.45. The molecule has 1 aliphatic heterocycles. The molecule has 182 valence electrons. The molecule has 1 heterocycles. The molecule has 4 rings (SSSR count). The number of para-hydroxylation sites is 1. The second kappa shape index (κ2) is 9.38. The minimum absolute atomic E-state index is 0.0194.